The van der Waals surface area contributed by atoms with Crippen molar-refractivity contribution in [3.8, 4) is 0 Å². The molecule has 0 radical (unpaired) electrons. The Kier molecular flexibility index (Phi) is 29.9. The lowest BCUT2D eigenvalue weighted by Gasteiger charge is -2.05. The number of aliphatic hydroxyl groups is 1. The van der Waals surface area contributed by atoms with Crippen molar-refractivity contribution < 1.29 is 14.1 Å². The van der Waals surface area contributed by atoms with E-state index in [1.54, 1.807) is 35.3 Å². The molecule has 0 aromatic rings. The van der Waals surface area contributed by atoms with Gasteiger partial charge in [0.05, 0.1) is 28.1 Å². The molecule has 1 unspecified atom stereocenters. The van der Waals surface area contributed by atoms with Crippen LogP contribution in [0.25, 0.3) is 0 Å². The minimum atomic E-state index is -1.06. The van der Waals surface area contributed by atoms with Crippen LogP contribution in [0.1, 0.15) is 6.42 Å². The van der Waals surface area contributed by atoms with Gasteiger partial charge in [-0.15, -0.1) is 82.3 Å². The molecular weight excluding hydrogens is 577 g/mol. The Labute approximate surface area is 222 Å². The second kappa shape index (κ2) is 27.6. The minimum absolute atomic E-state index is 0.0605. The van der Waals surface area contributed by atoms with Gasteiger partial charge in [0.15, 0.2) is 0 Å². The maximum atomic E-state index is 11.7. The molecule has 5 nitrogen and oxygen atoms in total. The predicted octanol–water partition coefficient (Wildman–Crippen LogP) is 5.70. The minimum Gasteiger partial charge on any atom is -0.396 e. The summed E-state index contributed by atoms with van der Waals surface area (Å²) in [5.74, 6) is 1.75. The number of nitrogens with zero attached hydrogens (tertiary/aromatic N) is 1. The van der Waals surface area contributed by atoms with Crippen LogP contribution in [0.2, 0.25) is 0 Å². The fourth-order valence-corrected chi connectivity index (χ4v) is 11.7. The molecule has 0 saturated heterocycles. The number of amides is 1. The molecule has 0 aromatic carbocycles. The Bertz CT molecular complexity index is 449. The molecule has 0 fully saturated rings. The highest BCUT2D eigenvalue weighted by Gasteiger charge is 2.01. The van der Waals surface area contributed by atoms with Crippen LogP contribution in [0.4, 0.5) is 4.79 Å². The van der Waals surface area contributed by atoms with E-state index in [0.29, 0.717) is 23.9 Å². The van der Waals surface area contributed by atoms with E-state index in [9.17, 15) is 9.00 Å². The smallest absolute Gasteiger partial charge is 0.280 e. The average molecular weight is 607 g/mol. The van der Waals surface area contributed by atoms with E-state index >= 15 is 0 Å². The SMILES string of the molecule is CSCSCSCSCSC(=O)NCSCSCSCSC/N=C/S(=O)CCCO. The van der Waals surface area contributed by atoms with Gasteiger partial charge in [-0.2, -0.15) is 11.8 Å². The quantitative estimate of drug-likeness (QED) is 0.0687. The maximum absolute atomic E-state index is 11.7. The third-order valence-corrected chi connectivity index (χ3v) is 14.1. The lowest BCUT2D eigenvalue weighted by Crippen LogP contribution is -2.17. The Balaban J connectivity index is 3.25. The first kappa shape index (κ1) is 32.4. The lowest BCUT2D eigenvalue weighted by molar-refractivity contribution is 0.262. The van der Waals surface area contributed by atoms with Gasteiger partial charge in [-0.3, -0.25) is 14.0 Å². The largest absolute Gasteiger partial charge is 0.396 e. The summed E-state index contributed by atoms with van der Waals surface area (Å²) in [6.07, 6.45) is 2.67. The molecule has 2 N–H and O–H groups in total. The molecular formula is C15H30N2O3S10. The topological polar surface area (TPSA) is 78.8 Å². The lowest BCUT2D eigenvalue weighted by atomic mass is 10.5. The number of hydrogen-bond donors (Lipinski definition) is 2. The van der Waals surface area contributed by atoms with Gasteiger partial charge >= 0.3 is 0 Å². The summed E-state index contributed by atoms with van der Waals surface area (Å²) in [6.45, 7) is 0.0724. The van der Waals surface area contributed by atoms with Crippen molar-refractivity contribution in [3.05, 3.63) is 0 Å². The molecule has 178 valence electrons. The molecule has 0 aliphatic heterocycles. The van der Waals surface area contributed by atoms with Crippen LogP contribution in [0.5, 0.6) is 0 Å². The number of nitrogens with one attached hydrogen (secondary N) is 1. The van der Waals surface area contributed by atoms with E-state index < -0.39 is 10.8 Å². The van der Waals surface area contributed by atoms with Crippen LogP contribution in [0, 0.1) is 0 Å². The van der Waals surface area contributed by atoms with E-state index in [1.807, 2.05) is 58.8 Å². The van der Waals surface area contributed by atoms with Gasteiger partial charge in [-0.05, 0) is 12.7 Å². The fraction of sp³-hybridized carbons (Fsp3) is 0.867. The molecule has 1 atom stereocenters. The maximum Gasteiger partial charge on any atom is 0.280 e. The fourth-order valence-electron chi connectivity index (χ4n) is 1.31. The van der Waals surface area contributed by atoms with E-state index in [2.05, 4.69) is 16.6 Å². The highest BCUT2D eigenvalue weighted by atomic mass is 32.3. The van der Waals surface area contributed by atoms with Crippen LogP contribution in [-0.4, -0.2) is 86.1 Å². The van der Waals surface area contributed by atoms with Crippen molar-refractivity contribution >= 4 is 127 Å². The summed E-state index contributed by atoms with van der Waals surface area (Å²) < 4.78 is 11.4. The highest BCUT2D eigenvalue weighted by Crippen LogP contribution is 2.23. The number of aliphatic imine (C=N–C) groups is 1. The van der Waals surface area contributed by atoms with E-state index in [4.69, 9.17) is 5.11 Å². The molecule has 0 aromatic heterocycles. The second-order valence-corrected chi connectivity index (χ2v) is 17.5. The van der Waals surface area contributed by atoms with Crippen molar-refractivity contribution in [1.29, 1.82) is 0 Å². The molecule has 30 heavy (non-hydrogen) atoms. The van der Waals surface area contributed by atoms with E-state index in [-0.39, 0.29) is 11.8 Å². The summed E-state index contributed by atoms with van der Waals surface area (Å²) in [6, 6.07) is 0. The molecule has 0 aliphatic rings. The van der Waals surface area contributed by atoms with Gasteiger partial charge < -0.3 is 10.4 Å². The molecule has 0 rings (SSSR count). The predicted molar refractivity (Wildman–Crippen MR) is 160 cm³/mol. The molecule has 1 amide bonds. The number of carbonyl (C=O) groups is 1. The Morgan fingerprint density at radius 2 is 1.53 bits per heavy atom. The van der Waals surface area contributed by atoms with Gasteiger partial charge in [0.25, 0.3) is 5.24 Å². The summed E-state index contributed by atoms with van der Waals surface area (Å²) in [7, 11) is -1.06. The van der Waals surface area contributed by atoms with Gasteiger partial charge in [0, 0.05) is 48.0 Å². The number of rotatable bonds is 22. The van der Waals surface area contributed by atoms with Gasteiger partial charge in [0.2, 0.25) is 0 Å². The first-order chi connectivity index (χ1) is 14.7. The zero-order valence-electron chi connectivity index (χ0n) is 16.9. The van der Waals surface area contributed by atoms with Crippen molar-refractivity contribution in [2.75, 3.05) is 66.0 Å². The first-order valence-electron chi connectivity index (χ1n) is 8.62. The van der Waals surface area contributed by atoms with Crippen molar-refractivity contribution in [1.82, 2.24) is 5.32 Å². The number of aliphatic hydroxyl groups excluding tert-OH is 1. The van der Waals surface area contributed by atoms with Crippen LogP contribution < -0.4 is 5.32 Å². The monoisotopic (exact) mass is 606 g/mol. The summed E-state index contributed by atoms with van der Waals surface area (Å²) >= 11 is 16.0. The number of thioether (sulfide) groups is 9. The molecule has 0 spiro atoms. The molecule has 0 bridgehead atoms. The number of hydrogen-bond acceptors (Lipinski definition) is 13. The second-order valence-electron chi connectivity index (χ2n) is 4.87. The normalized spacial score (nSPS) is 12.5. The molecule has 0 heterocycles. The summed E-state index contributed by atoms with van der Waals surface area (Å²) in [4.78, 5) is 15.9. The van der Waals surface area contributed by atoms with Gasteiger partial charge in [0.1, 0.15) is 0 Å². The zero-order valence-corrected chi connectivity index (χ0v) is 25.0. The summed E-state index contributed by atoms with van der Waals surface area (Å²) in [5, 5.41) is 18.7. The first-order valence-corrected chi connectivity index (χ1v) is 20.5. The third kappa shape index (κ3) is 26.7. The molecule has 0 saturated carbocycles. The van der Waals surface area contributed by atoms with Crippen molar-refractivity contribution in [2.45, 2.75) is 6.42 Å². The third-order valence-electron chi connectivity index (χ3n) is 2.49. The van der Waals surface area contributed by atoms with Crippen molar-refractivity contribution in [2.24, 2.45) is 4.99 Å². The molecule has 15 heteroatoms. The standard InChI is InChI=1S/C15H30N2O3S10/c1-21-8-24-11-27-13-28-14-29-15(19)17-6-23-10-26-12-25-9-22-5-16-7-30(20)4-2-3-18/h7,18H,2-6,8-14H2,1H3,(H,17,19)/b16-7+. The van der Waals surface area contributed by atoms with E-state index in [0.717, 1.165) is 35.6 Å². The van der Waals surface area contributed by atoms with Crippen molar-refractivity contribution in [3.63, 3.8) is 0 Å². The van der Waals surface area contributed by atoms with Gasteiger partial charge in [-0.25, -0.2) is 0 Å². The average Bonchev–Trinajstić information content (AvgIpc) is 2.74. The zero-order chi connectivity index (χ0) is 22.1. The Hall–Kier alpha value is 2.40. The number of carbonyl (C=O) groups excluding carboxylic acids is 1. The van der Waals surface area contributed by atoms with Crippen LogP contribution in [0.15, 0.2) is 4.99 Å². The van der Waals surface area contributed by atoms with Gasteiger partial charge in [-0.1, -0.05) is 11.8 Å². The van der Waals surface area contributed by atoms with Crippen LogP contribution in [-0.2, 0) is 10.8 Å². The molecule has 0 aliphatic carbocycles. The Morgan fingerprint density at radius 1 is 0.933 bits per heavy atom. The van der Waals surface area contributed by atoms with Crippen LogP contribution >= 0.6 is 106 Å². The van der Waals surface area contributed by atoms with E-state index in [1.165, 1.54) is 17.3 Å². The Morgan fingerprint density at radius 3 is 2.20 bits per heavy atom. The highest BCUT2D eigenvalue weighted by molar-refractivity contribution is 8.30. The van der Waals surface area contributed by atoms with Crippen LogP contribution in [0.3, 0.4) is 0 Å². The summed E-state index contributed by atoms with van der Waals surface area (Å²) in [5.41, 5.74) is 1.48.